The van der Waals surface area contributed by atoms with Crippen LogP contribution in [-0.2, 0) is 19.3 Å². The van der Waals surface area contributed by atoms with Crippen molar-refractivity contribution in [2.75, 3.05) is 6.61 Å². The Hall–Kier alpha value is -1.20. The first-order chi connectivity index (χ1) is 7.79. The molecule has 16 heavy (non-hydrogen) atoms. The monoisotopic (exact) mass is 236 g/mol. The van der Waals surface area contributed by atoms with Crippen molar-refractivity contribution in [3.8, 4) is 0 Å². The van der Waals surface area contributed by atoms with E-state index in [9.17, 15) is 4.79 Å². The first-order valence-electron chi connectivity index (χ1n) is 5.44. The Morgan fingerprint density at radius 2 is 2.31 bits per heavy atom. The van der Waals surface area contributed by atoms with Gasteiger partial charge in [0.2, 0.25) is 0 Å². The standard InChI is InChI=1S/C11H12N2O2S/c14-5-4-8-12-10(15)9-6-2-1-3-7(6)16-11(9)13-8/h14H,1-5H2,(H,12,13,15). The summed E-state index contributed by atoms with van der Waals surface area (Å²) in [6.07, 6.45) is 3.63. The van der Waals surface area contributed by atoms with E-state index in [0.717, 1.165) is 29.5 Å². The van der Waals surface area contributed by atoms with Gasteiger partial charge in [-0.2, -0.15) is 0 Å². The van der Waals surface area contributed by atoms with Gasteiger partial charge >= 0.3 is 0 Å². The first kappa shape index (κ1) is 9.99. The number of thiophene rings is 1. The SMILES string of the molecule is O=c1[nH]c(CCO)nc2sc3c(c12)CCC3. The molecule has 2 N–H and O–H groups in total. The molecule has 0 aliphatic heterocycles. The summed E-state index contributed by atoms with van der Waals surface area (Å²) in [4.78, 5) is 21.2. The van der Waals surface area contributed by atoms with Gasteiger partial charge in [0.1, 0.15) is 10.7 Å². The molecular formula is C11H12N2O2S. The molecule has 4 nitrogen and oxygen atoms in total. The van der Waals surface area contributed by atoms with E-state index in [1.807, 2.05) is 0 Å². The van der Waals surface area contributed by atoms with Crippen LogP contribution in [0.1, 0.15) is 22.7 Å². The van der Waals surface area contributed by atoms with Crippen LogP contribution in [-0.4, -0.2) is 21.7 Å². The molecule has 0 fully saturated rings. The van der Waals surface area contributed by atoms with Crippen LogP contribution in [0.4, 0.5) is 0 Å². The van der Waals surface area contributed by atoms with Crippen molar-refractivity contribution in [3.05, 3.63) is 26.6 Å². The first-order valence-corrected chi connectivity index (χ1v) is 6.25. The molecule has 2 aromatic rings. The number of H-pyrrole nitrogens is 1. The largest absolute Gasteiger partial charge is 0.396 e. The molecule has 3 rings (SSSR count). The number of aliphatic hydroxyl groups excluding tert-OH is 1. The van der Waals surface area contributed by atoms with Crippen molar-refractivity contribution in [1.82, 2.24) is 9.97 Å². The van der Waals surface area contributed by atoms with E-state index >= 15 is 0 Å². The van der Waals surface area contributed by atoms with Gasteiger partial charge < -0.3 is 10.1 Å². The normalized spacial score (nSPS) is 14.6. The van der Waals surface area contributed by atoms with E-state index in [4.69, 9.17) is 5.11 Å². The number of aryl methyl sites for hydroxylation is 2. The van der Waals surface area contributed by atoms with Crippen LogP contribution in [0, 0.1) is 0 Å². The second kappa shape index (κ2) is 3.68. The highest BCUT2D eigenvalue weighted by Crippen LogP contribution is 2.34. The van der Waals surface area contributed by atoms with Crippen LogP contribution >= 0.6 is 11.3 Å². The van der Waals surface area contributed by atoms with E-state index in [2.05, 4.69) is 9.97 Å². The summed E-state index contributed by atoms with van der Waals surface area (Å²) in [7, 11) is 0. The molecule has 2 heterocycles. The molecule has 0 bridgehead atoms. The lowest BCUT2D eigenvalue weighted by atomic mass is 10.2. The smallest absolute Gasteiger partial charge is 0.259 e. The molecule has 5 heteroatoms. The molecule has 0 amide bonds. The zero-order valence-electron chi connectivity index (χ0n) is 8.75. The Bertz CT molecular complexity index is 600. The van der Waals surface area contributed by atoms with Crippen molar-refractivity contribution >= 4 is 21.6 Å². The summed E-state index contributed by atoms with van der Waals surface area (Å²) >= 11 is 1.63. The highest BCUT2D eigenvalue weighted by Gasteiger charge is 2.20. The zero-order valence-corrected chi connectivity index (χ0v) is 9.56. The number of fused-ring (bicyclic) bond motifs is 3. The number of hydrogen-bond donors (Lipinski definition) is 2. The Morgan fingerprint density at radius 1 is 1.44 bits per heavy atom. The third-order valence-electron chi connectivity index (χ3n) is 2.97. The van der Waals surface area contributed by atoms with E-state index in [1.165, 1.54) is 10.4 Å². The van der Waals surface area contributed by atoms with Gasteiger partial charge in [-0.15, -0.1) is 11.3 Å². The predicted molar refractivity (Wildman–Crippen MR) is 63.1 cm³/mol. The second-order valence-electron chi connectivity index (χ2n) is 4.02. The lowest BCUT2D eigenvalue weighted by Gasteiger charge is -1.98. The average molecular weight is 236 g/mol. The topological polar surface area (TPSA) is 66.0 Å². The van der Waals surface area contributed by atoms with E-state index < -0.39 is 0 Å². The van der Waals surface area contributed by atoms with Gasteiger partial charge in [-0.1, -0.05) is 0 Å². The number of nitrogens with one attached hydrogen (secondary N) is 1. The summed E-state index contributed by atoms with van der Waals surface area (Å²) in [5.41, 5.74) is 1.15. The molecule has 0 aromatic carbocycles. The van der Waals surface area contributed by atoms with Gasteiger partial charge in [-0.05, 0) is 24.8 Å². The number of aromatic amines is 1. The molecule has 0 radical (unpaired) electrons. The summed E-state index contributed by atoms with van der Waals surface area (Å²) in [5.74, 6) is 0.583. The fraction of sp³-hybridized carbons (Fsp3) is 0.455. The van der Waals surface area contributed by atoms with Gasteiger partial charge in [0.25, 0.3) is 5.56 Å². The van der Waals surface area contributed by atoms with Crippen LogP contribution in [0.15, 0.2) is 4.79 Å². The fourth-order valence-corrected chi connectivity index (χ4v) is 3.55. The van der Waals surface area contributed by atoms with Crippen molar-refractivity contribution in [2.24, 2.45) is 0 Å². The maximum absolute atomic E-state index is 11.9. The summed E-state index contributed by atoms with van der Waals surface area (Å²) in [6, 6.07) is 0. The Morgan fingerprint density at radius 3 is 3.12 bits per heavy atom. The van der Waals surface area contributed by atoms with E-state index in [1.54, 1.807) is 11.3 Å². The van der Waals surface area contributed by atoms with Gasteiger partial charge in [0, 0.05) is 11.3 Å². The van der Waals surface area contributed by atoms with E-state index in [0.29, 0.717) is 12.2 Å². The quantitative estimate of drug-likeness (QED) is 0.817. The predicted octanol–water partition coefficient (Wildman–Crippen LogP) is 1.01. The zero-order chi connectivity index (χ0) is 11.1. The third kappa shape index (κ3) is 1.39. The molecule has 2 aromatic heterocycles. The Balaban J connectivity index is 2.26. The molecule has 1 aliphatic rings. The number of aliphatic hydroxyl groups is 1. The Kier molecular flexibility index (Phi) is 2.29. The van der Waals surface area contributed by atoms with Crippen molar-refractivity contribution < 1.29 is 5.11 Å². The number of hydrogen-bond acceptors (Lipinski definition) is 4. The Labute approximate surface area is 96.0 Å². The lowest BCUT2D eigenvalue weighted by molar-refractivity contribution is 0.296. The van der Waals surface area contributed by atoms with Gasteiger partial charge in [-0.3, -0.25) is 4.79 Å². The second-order valence-corrected chi connectivity index (χ2v) is 5.11. The molecule has 0 atom stereocenters. The lowest BCUT2D eigenvalue weighted by Crippen LogP contribution is -2.12. The van der Waals surface area contributed by atoms with Gasteiger partial charge in [-0.25, -0.2) is 4.98 Å². The minimum Gasteiger partial charge on any atom is -0.396 e. The van der Waals surface area contributed by atoms with Crippen LogP contribution in [0.5, 0.6) is 0 Å². The van der Waals surface area contributed by atoms with Crippen molar-refractivity contribution in [2.45, 2.75) is 25.7 Å². The summed E-state index contributed by atoms with van der Waals surface area (Å²) in [6.45, 7) is 0.0134. The fourth-order valence-electron chi connectivity index (χ4n) is 2.27. The molecule has 0 saturated carbocycles. The number of aromatic nitrogens is 2. The summed E-state index contributed by atoms with van der Waals surface area (Å²) < 4.78 is 0. The minimum absolute atomic E-state index is 0.0134. The van der Waals surface area contributed by atoms with Crippen LogP contribution in [0.2, 0.25) is 0 Å². The highest BCUT2D eigenvalue weighted by atomic mass is 32.1. The van der Waals surface area contributed by atoms with Crippen LogP contribution in [0.3, 0.4) is 0 Å². The third-order valence-corrected chi connectivity index (χ3v) is 4.16. The molecule has 0 unspecified atom stereocenters. The number of nitrogens with zero attached hydrogens (tertiary/aromatic N) is 1. The molecule has 84 valence electrons. The molecule has 1 aliphatic carbocycles. The maximum atomic E-state index is 11.9. The highest BCUT2D eigenvalue weighted by molar-refractivity contribution is 7.18. The van der Waals surface area contributed by atoms with Gasteiger partial charge in [0.05, 0.1) is 12.0 Å². The number of rotatable bonds is 2. The maximum Gasteiger partial charge on any atom is 0.259 e. The summed E-state index contributed by atoms with van der Waals surface area (Å²) in [5, 5.41) is 9.62. The molecule has 0 spiro atoms. The van der Waals surface area contributed by atoms with Gasteiger partial charge in [0.15, 0.2) is 0 Å². The van der Waals surface area contributed by atoms with Crippen LogP contribution in [0.25, 0.3) is 10.2 Å². The molecular weight excluding hydrogens is 224 g/mol. The van der Waals surface area contributed by atoms with Crippen molar-refractivity contribution in [1.29, 1.82) is 0 Å². The van der Waals surface area contributed by atoms with E-state index in [-0.39, 0.29) is 12.2 Å². The average Bonchev–Trinajstić information content (AvgIpc) is 2.76. The van der Waals surface area contributed by atoms with Crippen LogP contribution < -0.4 is 5.56 Å². The minimum atomic E-state index is -0.0483. The molecule has 0 saturated heterocycles. The van der Waals surface area contributed by atoms with Crippen molar-refractivity contribution in [3.63, 3.8) is 0 Å².